The number of carbonyl (C=O) groups excluding carboxylic acids is 1. The highest BCUT2D eigenvalue weighted by Crippen LogP contribution is 2.27. The smallest absolute Gasteiger partial charge is 0.231 e. The van der Waals surface area contributed by atoms with Crippen molar-refractivity contribution in [1.29, 1.82) is 0 Å². The van der Waals surface area contributed by atoms with Crippen molar-refractivity contribution < 1.29 is 9.90 Å². The van der Waals surface area contributed by atoms with Crippen molar-refractivity contribution in [3.8, 4) is 5.75 Å². The lowest BCUT2D eigenvalue weighted by Gasteiger charge is -2.34. The van der Waals surface area contributed by atoms with E-state index in [4.69, 9.17) is 5.73 Å². The highest BCUT2D eigenvalue weighted by atomic mass is 16.3. The third kappa shape index (κ3) is 4.44. The van der Waals surface area contributed by atoms with Gasteiger partial charge in [-0.3, -0.25) is 9.69 Å². The zero-order valence-corrected chi connectivity index (χ0v) is 12.6. The van der Waals surface area contributed by atoms with E-state index in [0.717, 1.165) is 37.9 Å². The summed E-state index contributed by atoms with van der Waals surface area (Å²) in [5.41, 5.74) is 6.19. The zero-order valence-electron chi connectivity index (χ0n) is 12.6. The maximum atomic E-state index is 10.9. The number of likely N-dealkylation sites (tertiary alicyclic amines) is 1. The Morgan fingerprint density at radius 3 is 2.67 bits per heavy atom. The minimum Gasteiger partial charge on any atom is -0.508 e. The van der Waals surface area contributed by atoms with Crippen LogP contribution < -0.4 is 11.1 Å². The van der Waals surface area contributed by atoms with E-state index < -0.39 is 0 Å². The van der Waals surface area contributed by atoms with E-state index in [9.17, 15) is 9.90 Å². The number of phenolic OH excluding ortho intramolecular Hbond substituents is 1. The molecule has 4 N–H and O–H groups in total. The van der Waals surface area contributed by atoms with E-state index >= 15 is 0 Å². The second kappa shape index (κ2) is 7.43. The summed E-state index contributed by atoms with van der Waals surface area (Å²) in [6.45, 7) is 4.24. The first-order valence-corrected chi connectivity index (χ1v) is 7.64. The monoisotopic (exact) mass is 291 g/mol. The highest BCUT2D eigenvalue weighted by Gasteiger charge is 2.23. The fourth-order valence-corrected chi connectivity index (χ4v) is 2.97. The summed E-state index contributed by atoms with van der Waals surface area (Å²) in [7, 11) is 0. The molecule has 0 aromatic heterocycles. The van der Waals surface area contributed by atoms with Crippen LogP contribution in [0.25, 0.3) is 0 Å². The lowest BCUT2D eigenvalue weighted by atomic mass is 9.98. The van der Waals surface area contributed by atoms with Crippen LogP contribution in [0, 0.1) is 0 Å². The first kappa shape index (κ1) is 15.8. The number of piperidine rings is 1. The lowest BCUT2D eigenvalue weighted by molar-refractivity contribution is -0.119. The molecular formula is C16H25N3O2. The summed E-state index contributed by atoms with van der Waals surface area (Å²) in [6.07, 6.45) is 2.92. The number of nitrogens with one attached hydrogen (secondary N) is 1. The van der Waals surface area contributed by atoms with Gasteiger partial charge in [-0.25, -0.2) is 0 Å². The van der Waals surface area contributed by atoms with Crippen molar-refractivity contribution in [3.63, 3.8) is 0 Å². The van der Waals surface area contributed by atoms with Gasteiger partial charge < -0.3 is 16.2 Å². The second-order valence-corrected chi connectivity index (χ2v) is 5.70. The third-order valence-corrected chi connectivity index (χ3v) is 4.12. The van der Waals surface area contributed by atoms with Gasteiger partial charge in [-0.1, -0.05) is 25.1 Å². The maximum absolute atomic E-state index is 10.9. The number of hydrogen-bond donors (Lipinski definition) is 3. The van der Waals surface area contributed by atoms with Gasteiger partial charge in [-0.15, -0.1) is 0 Å². The number of primary amides is 1. The number of aromatic hydroxyl groups is 1. The molecule has 1 saturated heterocycles. The predicted octanol–water partition coefficient (Wildman–Crippen LogP) is 1.38. The molecule has 1 aromatic rings. The average molecular weight is 291 g/mol. The van der Waals surface area contributed by atoms with Crippen molar-refractivity contribution in [2.75, 3.05) is 19.6 Å². The topological polar surface area (TPSA) is 78.6 Å². The second-order valence-electron chi connectivity index (χ2n) is 5.70. The number of para-hydroxylation sites is 1. The lowest BCUT2D eigenvalue weighted by Crippen LogP contribution is -2.46. The Labute approximate surface area is 126 Å². The van der Waals surface area contributed by atoms with Crippen molar-refractivity contribution in [1.82, 2.24) is 10.2 Å². The molecular weight excluding hydrogens is 266 g/mol. The molecule has 1 heterocycles. The first-order valence-electron chi connectivity index (χ1n) is 7.64. The van der Waals surface area contributed by atoms with Gasteiger partial charge in [0, 0.05) is 30.7 Å². The minimum atomic E-state index is -0.262. The number of nitrogens with zero attached hydrogens (tertiary/aromatic N) is 1. The number of amides is 1. The van der Waals surface area contributed by atoms with Crippen molar-refractivity contribution >= 4 is 5.91 Å². The van der Waals surface area contributed by atoms with Gasteiger partial charge in [0.1, 0.15) is 5.75 Å². The van der Waals surface area contributed by atoms with Gasteiger partial charge in [0.25, 0.3) is 0 Å². The molecule has 1 aliphatic heterocycles. The summed E-state index contributed by atoms with van der Waals surface area (Å²) in [5.74, 6) is 0.0880. The molecule has 1 aliphatic rings. The zero-order chi connectivity index (χ0) is 15.2. The average Bonchev–Trinajstić information content (AvgIpc) is 2.47. The van der Waals surface area contributed by atoms with Gasteiger partial charge in [0.05, 0.1) is 6.54 Å². The molecule has 116 valence electrons. The van der Waals surface area contributed by atoms with E-state index in [0.29, 0.717) is 18.3 Å². The highest BCUT2D eigenvalue weighted by molar-refractivity contribution is 5.75. The van der Waals surface area contributed by atoms with Gasteiger partial charge in [-0.2, -0.15) is 0 Å². The molecule has 5 nitrogen and oxygen atoms in total. The van der Waals surface area contributed by atoms with Crippen molar-refractivity contribution in [2.45, 2.75) is 38.3 Å². The number of rotatable bonds is 6. The van der Waals surface area contributed by atoms with Gasteiger partial charge >= 0.3 is 0 Å². The standard InChI is InChI=1S/C16H25N3O2/c1-2-14(13-5-3-4-6-15(13)20)18-12-7-9-19(10-8-12)11-16(17)21/h3-6,12,14,18,20H,2,7-11H2,1H3,(H2,17,21). The molecule has 5 heteroatoms. The normalized spacial score (nSPS) is 18.5. The largest absolute Gasteiger partial charge is 0.508 e. The van der Waals surface area contributed by atoms with Crippen LogP contribution in [0.2, 0.25) is 0 Å². The van der Waals surface area contributed by atoms with Crippen molar-refractivity contribution in [3.05, 3.63) is 29.8 Å². The molecule has 1 fully saturated rings. The summed E-state index contributed by atoms with van der Waals surface area (Å²) < 4.78 is 0. The van der Waals surface area contributed by atoms with E-state index in [1.165, 1.54) is 0 Å². The Morgan fingerprint density at radius 2 is 2.10 bits per heavy atom. The molecule has 2 rings (SSSR count). The van der Waals surface area contributed by atoms with Crippen LogP contribution in [0.15, 0.2) is 24.3 Å². The Morgan fingerprint density at radius 1 is 1.43 bits per heavy atom. The quantitative estimate of drug-likeness (QED) is 0.740. The Balaban J connectivity index is 1.89. The summed E-state index contributed by atoms with van der Waals surface area (Å²) >= 11 is 0. The van der Waals surface area contributed by atoms with Gasteiger partial charge in [0.15, 0.2) is 0 Å². The number of nitrogens with two attached hydrogens (primary N) is 1. The molecule has 0 bridgehead atoms. The van der Waals surface area contributed by atoms with Crippen LogP contribution in [0.4, 0.5) is 0 Å². The summed E-state index contributed by atoms with van der Waals surface area (Å²) in [4.78, 5) is 13.0. The van der Waals surface area contributed by atoms with Crippen molar-refractivity contribution in [2.24, 2.45) is 5.73 Å². The fraction of sp³-hybridized carbons (Fsp3) is 0.562. The Hall–Kier alpha value is -1.59. The number of hydrogen-bond acceptors (Lipinski definition) is 4. The van der Waals surface area contributed by atoms with Gasteiger partial charge in [0.2, 0.25) is 5.91 Å². The molecule has 1 unspecified atom stereocenters. The van der Waals surface area contributed by atoms with Crippen LogP contribution in [0.3, 0.4) is 0 Å². The molecule has 1 aromatic carbocycles. The first-order chi connectivity index (χ1) is 10.1. The van der Waals surface area contributed by atoms with E-state index in [1.54, 1.807) is 6.07 Å². The van der Waals surface area contributed by atoms with Crippen LogP contribution >= 0.6 is 0 Å². The van der Waals surface area contributed by atoms with E-state index in [1.807, 2.05) is 18.2 Å². The molecule has 0 spiro atoms. The van der Waals surface area contributed by atoms with Crippen LogP contribution in [0.5, 0.6) is 5.75 Å². The molecule has 0 aliphatic carbocycles. The molecule has 0 saturated carbocycles. The maximum Gasteiger partial charge on any atom is 0.231 e. The van der Waals surface area contributed by atoms with E-state index in [2.05, 4.69) is 17.1 Å². The Kier molecular flexibility index (Phi) is 5.59. The minimum absolute atomic E-state index is 0.166. The van der Waals surface area contributed by atoms with Gasteiger partial charge in [-0.05, 0) is 25.3 Å². The third-order valence-electron chi connectivity index (χ3n) is 4.12. The Bertz CT molecular complexity index is 470. The SMILES string of the molecule is CCC(NC1CCN(CC(N)=O)CC1)c1ccccc1O. The van der Waals surface area contributed by atoms with E-state index in [-0.39, 0.29) is 11.9 Å². The predicted molar refractivity (Wildman–Crippen MR) is 82.9 cm³/mol. The number of benzene rings is 1. The summed E-state index contributed by atoms with van der Waals surface area (Å²) in [6, 6.07) is 8.08. The fourth-order valence-electron chi connectivity index (χ4n) is 2.97. The van der Waals surface area contributed by atoms with Crippen LogP contribution in [-0.4, -0.2) is 41.6 Å². The summed E-state index contributed by atoms with van der Waals surface area (Å²) in [5, 5.41) is 13.6. The number of carbonyl (C=O) groups is 1. The molecule has 0 radical (unpaired) electrons. The molecule has 1 amide bonds. The molecule has 21 heavy (non-hydrogen) atoms. The van der Waals surface area contributed by atoms with Crippen LogP contribution in [-0.2, 0) is 4.79 Å². The molecule has 1 atom stereocenters. The number of phenols is 1. The van der Waals surface area contributed by atoms with Crippen LogP contribution in [0.1, 0.15) is 37.8 Å².